The van der Waals surface area contributed by atoms with Crippen LogP contribution in [0.5, 0.6) is 0 Å². The molecule has 0 aromatic heterocycles. The summed E-state index contributed by atoms with van der Waals surface area (Å²) >= 11 is 0. The van der Waals surface area contributed by atoms with Crippen molar-refractivity contribution in [1.82, 2.24) is 0 Å². The van der Waals surface area contributed by atoms with E-state index in [4.69, 9.17) is 4.74 Å². The summed E-state index contributed by atoms with van der Waals surface area (Å²) in [6.07, 6.45) is 2.69. The van der Waals surface area contributed by atoms with Crippen LogP contribution in [0.2, 0.25) is 0 Å². The first kappa shape index (κ1) is 14.0. The lowest BCUT2D eigenvalue weighted by atomic mass is 10.2. The number of hydrogen-bond acceptors (Lipinski definition) is 2. The van der Waals surface area contributed by atoms with Gasteiger partial charge in [-0.25, -0.2) is 4.79 Å². The Bertz CT molecular complexity index is 157. The Kier molecular flexibility index (Phi) is 9.99. The third-order valence-corrected chi connectivity index (χ3v) is 1.25. The summed E-state index contributed by atoms with van der Waals surface area (Å²) in [6.45, 7) is 4.81. The standard InChI is InChI=1S/C8H15NO2.ClH/c1-3-11-8(10)7(2)5-4-6-9;/h5H,3-4,6,9H2,1-2H3;1H/b7-5-;. The van der Waals surface area contributed by atoms with Crippen molar-refractivity contribution in [2.24, 2.45) is 0 Å². The number of rotatable bonds is 4. The van der Waals surface area contributed by atoms with Crippen LogP contribution < -0.4 is 18.1 Å². The number of carbonyl (C=O) groups excluding carboxylic acids is 1. The van der Waals surface area contributed by atoms with Gasteiger partial charge in [0.15, 0.2) is 0 Å². The van der Waals surface area contributed by atoms with Crippen molar-refractivity contribution in [1.29, 1.82) is 0 Å². The Balaban J connectivity index is 0. The van der Waals surface area contributed by atoms with Crippen molar-refractivity contribution in [2.45, 2.75) is 20.3 Å². The predicted octanol–water partition coefficient (Wildman–Crippen LogP) is -2.87. The van der Waals surface area contributed by atoms with Gasteiger partial charge < -0.3 is 22.9 Å². The summed E-state index contributed by atoms with van der Waals surface area (Å²) in [6, 6.07) is 0. The van der Waals surface area contributed by atoms with Gasteiger partial charge in [0, 0.05) is 12.0 Å². The van der Waals surface area contributed by atoms with Crippen molar-refractivity contribution >= 4 is 5.97 Å². The molecule has 0 bridgehead atoms. The molecule has 3 N–H and O–H groups in total. The molecule has 0 aliphatic heterocycles. The van der Waals surface area contributed by atoms with Gasteiger partial charge in [-0.1, -0.05) is 6.08 Å². The van der Waals surface area contributed by atoms with Gasteiger partial charge in [0.05, 0.1) is 13.2 Å². The molecule has 0 saturated heterocycles. The predicted molar refractivity (Wildman–Crippen MR) is 42.8 cm³/mol. The van der Waals surface area contributed by atoms with Gasteiger partial charge in [0.1, 0.15) is 0 Å². The number of carbonyl (C=O) groups is 1. The normalized spacial score (nSPS) is 10.4. The Labute approximate surface area is 79.4 Å². The fourth-order valence-electron chi connectivity index (χ4n) is 0.647. The highest BCUT2D eigenvalue weighted by Gasteiger charge is 2.02. The first-order valence-corrected chi connectivity index (χ1v) is 3.85. The van der Waals surface area contributed by atoms with E-state index >= 15 is 0 Å². The Morgan fingerprint density at radius 1 is 1.58 bits per heavy atom. The van der Waals surface area contributed by atoms with Crippen LogP contribution in [0.15, 0.2) is 11.6 Å². The minimum atomic E-state index is -0.221. The highest BCUT2D eigenvalue weighted by atomic mass is 35.5. The average molecular weight is 194 g/mol. The molecule has 0 aromatic rings. The SMILES string of the molecule is CCOC(=O)/C(C)=C\CC[NH3+].[Cl-]. The van der Waals surface area contributed by atoms with Crippen LogP contribution in [0.1, 0.15) is 20.3 Å². The van der Waals surface area contributed by atoms with Gasteiger partial charge in [-0.05, 0) is 13.8 Å². The van der Waals surface area contributed by atoms with Crippen molar-refractivity contribution in [2.75, 3.05) is 13.2 Å². The molecular weight excluding hydrogens is 178 g/mol. The largest absolute Gasteiger partial charge is 1.00 e. The molecule has 72 valence electrons. The van der Waals surface area contributed by atoms with Crippen molar-refractivity contribution in [3.8, 4) is 0 Å². The molecule has 12 heavy (non-hydrogen) atoms. The summed E-state index contributed by atoms with van der Waals surface area (Å²) in [5.74, 6) is -0.221. The van der Waals surface area contributed by atoms with Crippen molar-refractivity contribution < 1.29 is 27.7 Å². The minimum Gasteiger partial charge on any atom is -1.00 e. The number of hydrogen-bond donors (Lipinski definition) is 1. The van der Waals surface area contributed by atoms with E-state index in [2.05, 4.69) is 5.73 Å². The molecule has 0 aliphatic rings. The molecule has 0 heterocycles. The fraction of sp³-hybridized carbons (Fsp3) is 0.625. The molecule has 0 rings (SSSR count). The Morgan fingerprint density at radius 2 is 2.17 bits per heavy atom. The van der Waals surface area contributed by atoms with E-state index in [9.17, 15) is 4.79 Å². The van der Waals surface area contributed by atoms with Gasteiger partial charge in [-0.3, -0.25) is 0 Å². The molecule has 0 atom stereocenters. The lowest BCUT2D eigenvalue weighted by Gasteiger charge is -1.99. The zero-order valence-corrected chi connectivity index (χ0v) is 8.36. The van der Waals surface area contributed by atoms with Gasteiger partial charge in [-0.2, -0.15) is 0 Å². The van der Waals surface area contributed by atoms with Crippen LogP contribution in [0.3, 0.4) is 0 Å². The molecule has 0 fully saturated rings. The highest BCUT2D eigenvalue weighted by molar-refractivity contribution is 5.87. The zero-order valence-electron chi connectivity index (χ0n) is 7.60. The lowest BCUT2D eigenvalue weighted by Crippen LogP contribution is -3.00. The maximum Gasteiger partial charge on any atom is 0.333 e. The van der Waals surface area contributed by atoms with Crippen LogP contribution in [0, 0.1) is 0 Å². The van der Waals surface area contributed by atoms with E-state index in [0.717, 1.165) is 13.0 Å². The highest BCUT2D eigenvalue weighted by Crippen LogP contribution is 1.97. The van der Waals surface area contributed by atoms with Crippen LogP contribution in [-0.4, -0.2) is 19.1 Å². The molecule has 0 saturated carbocycles. The van der Waals surface area contributed by atoms with E-state index in [1.165, 1.54) is 0 Å². The van der Waals surface area contributed by atoms with E-state index in [0.29, 0.717) is 12.2 Å². The third kappa shape index (κ3) is 6.19. The summed E-state index contributed by atoms with van der Waals surface area (Å²) in [5, 5.41) is 0. The quantitative estimate of drug-likeness (QED) is 0.386. The molecule has 0 unspecified atom stereocenters. The summed E-state index contributed by atoms with van der Waals surface area (Å²) < 4.78 is 4.77. The minimum absolute atomic E-state index is 0. The maximum absolute atomic E-state index is 10.9. The lowest BCUT2D eigenvalue weighted by molar-refractivity contribution is -0.366. The second-order valence-electron chi connectivity index (χ2n) is 2.25. The Morgan fingerprint density at radius 3 is 2.58 bits per heavy atom. The number of quaternary nitrogens is 1. The number of esters is 1. The molecular formula is C8H16ClNO2. The van der Waals surface area contributed by atoms with Gasteiger partial charge in [-0.15, -0.1) is 0 Å². The average Bonchev–Trinajstić information content (AvgIpc) is 2.00. The summed E-state index contributed by atoms with van der Waals surface area (Å²) in [5.41, 5.74) is 4.34. The first-order valence-electron chi connectivity index (χ1n) is 3.85. The van der Waals surface area contributed by atoms with Crippen molar-refractivity contribution in [3.05, 3.63) is 11.6 Å². The Hall–Kier alpha value is -0.540. The second kappa shape index (κ2) is 8.56. The zero-order chi connectivity index (χ0) is 8.69. The van der Waals surface area contributed by atoms with Crippen LogP contribution >= 0.6 is 0 Å². The summed E-state index contributed by atoms with van der Waals surface area (Å²) in [4.78, 5) is 10.9. The summed E-state index contributed by atoms with van der Waals surface area (Å²) in [7, 11) is 0. The van der Waals surface area contributed by atoms with Crippen LogP contribution in [-0.2, 0) is 9.53 Å². The third-order valence-electron chi connectivity index (χ3n) is 1.25. The molecule has 4 heteroatoms. The molecule has 0 spiro atoms. The molecule has 3 nitrogen and oxygen atoms in total. The first-order chi connectivity index (χ1) is 5.22. The van der Waals surface area contributed by atoms with E-state index < -0.39 is 0 Å². The topological polar surface area (TPSA) is 53.9 Å². The maximum atomic E-state index is 10.9. The van der Waals surface area contributed by atoms with Gasteiger partial charge in [0.2, 0.25) is 0 Å². The molecule has 0 aliphatic carbocycles. The molecule has 0 aromatic carbocycles. The number of halogens is 1. The van der Waals surface area contributed by atoms with E-state index in [-0.39, 0.29) is 18.4 Å². The van der Waals surface area contributed by atoms with Crippen molar-refractivity contribution in [3.63, 3.8) is 0 Å². The number of ether oxygens (including phenoxy) is 1. The smallest absolute Gasteiger partial charge is 0.333 e. The van der Waals surface area contributed by atoms with Crippen LogP contribution in [0.4, 0.5) is 0 Å². The molecule has 0 amide bonds. The van der Waals surface area contributed by atoms with Gasteiger partial charge in [0.25, 0.3) is 0 Å². The monoisotopic (exact) mass is 193 g/mol. The van der Waals surface area contributed by atoms with E-state index in [1.54, 1.807) is 13.8 Å². The van der Waals surface area contributed by atoms with E-state index in [1.807, 2.05) is 6.08 Å². The van der Waals surface area contributed by atoms with Gasteiger partial charge >= 0.3 is 5.97 Å². The van der Waals surface area contributed by atoms with Crippen LogP contribution in [0.25, 0.3) is 0 Å². The fourth-order valence-corrected chi connectivity index (χ4v) is 0.647. The second-order valence-corrected chi connectivity index (χ2v) is 2.25. The molecule has 0 radical (unpaired) electrons.